The van der Waals surface area contributed by atoms with Crippen LogP contribution in [0.15, 0.2) is 39.3 Å². The number of hydrogen-bond acceptors (Lipinski definition) is 5. The SMILES string of the molecule is CN(C)S(=O)(=O)c1ccc(CNC(=O)c2cncc(Br)c2)s1. The van der Waals surface area contributed by atoms with Gasteiger partial charge in [0.2, 0.25) is 0 Å². The van der Waals surface area contributed by atoms with E-state index in [0.29, 0.717) is 5.56 Å². The highest BCUT2D eigenvalue weighted by molar-refractivity contribution is 9.10. The maximum Gasteiger partial charge on any atom is 0.253 e. The molecule has 0 atom stereocenters. The summed E-state index contributed by atoms with van der Waals surface area (Å²) < 4.78 is 26.1. The molecule has 6 nitrogen and oxygen atoms in total. The number of amides is 1. The summed E-state index contributed by atoms with van der Waals surface area (Å²) in [6.45, 7) is 0.263. The zero-order valence-corrected chi connectivity index (χ0v) is 15.1. The van der Waals surface area contributed by atoms with Crippen molar-refractivity contribution < 1.29 is 13.2 Å². The second-order valence-corrected chi connectivity index (χ2v) is 9.05. The van der Waals surface area contributed by atoms with Crippen molar-refractivity contribution in [2.24, 2.45) is 0 Å². The molecule has 0 radical (unpaired) electrons. The summed E-state index contributed by atoms with van der Waals surface area (Å²) in [5.74, 6) is -0.265. The number of aromatic nitrogens is 1. The van der Waals surface area contributed by atoms with Gasteiger partial charge >= 0.3 is 0 Å². The molecule has 0 aliphatic carbocycles. The number of sulfonamides is 1. The number of pyridine rings is 1. The highest BCUT2D eigenvalue weighted by Gasteiger charge is 2.19. The van der Waals surface area contributed by atoms with Crippen LogP contribution in [0.2, 0.25) is 0 Å². The van der Waals surface area contributed by atoms with Gasteiger partial charge in [-0.3, -0.25) is 9.78 Å². The van der Waals surface area contributed by atoms with Gasteiger partial charge in [0.25, 0.3) is 15.9 Å². The molecule has 0 aliphatic heterocycles. The predicted molar refractivity (Wildman–Crippen MR) is 88.3 cm³/mol. The van der Waals surface area contributed by atoms with Crippen LogP contribution in [0.3, 0.4) is 0 Å². The number of halogens is 1. The topological polar surface area (TPSA) is 79.4 Å². The Kier molecular flexibility index (Phi) is 5.32. The largest absolute Gasteiger partial charge is 0.347 e. The van der Waals surface area contributed by atoms with Crippen molar-refractivity contribution in [1.29, 1.82) is 0 Å². The smallest absolute Gasteiger partial charge is 0.253 e. The molecule has 0 saturated carbocycles. The molecule has 1 N–H and O–H groups in total. The molecule has 118 valence electrons. The summed E-state index contributed by atoms with van der Waals surface area (Å²) in [4.78, 5) is 16.7. The van der Waals surface area contributed by atoms with Crippen molar-refractivity contribution in [3.63, 3.8) is 0 Å². The Balaban J connectivity index is 2.04. The number of rotatable bonds is 5. The molecule has 0 fully saturated rings. The lowest BCUT2D eigenvalue weighted by Crippen LogP contribution is -2.22. The highest BCUT2D eigenvalue weighted by Crippen LogP contribution is 2.23. The molecular weight excluding hydrogens is 390 g/mol. The van der Waals surface area contributed by atoms with Gasteiger partial charge in [-0.05, 0) is 34.1 Å². The second kappa shape index (κ2) is 6.86. The zero-order valence-electron chi connectivity index (χ0n) is 11.9. The van der Waals surface area contributed by atoms with Gasteiger partial charge in [0.1, 0.15) is 4.21 Å². The maximum absolute atomic E-state index is 12.0. The molecule has 22 heavy (non-hydrogen) atoms. The average Bonchev–Trinajstić information content (AvgIpc) is 2.94. The van der Waals surface area contributed by atoms with E-state index in [1.54, 1.807) is 24.4 Å². The van der Waals surface area contributed by atoms with Crippen LogP contribution in [0.1, 0.15) is 15.2 Å². The summed E-state index contributed by atoms with van der Waals surface area (Å²) in [5.41, 5.74) is 0.437. The molecule has 0 aliphatic rings. The van der Waals surface area contributed by atoms with Crippen LogP contribution < -0.4 is 5.32 Å². The van der Waals surface area contributed by atoms with E-state index < -0.39 is 10.0 Å². The maximum atomic E-state index is 12.0. The third kappa shape index (κ3) is 3.92. The quantitative estimate of drug-likeness (QED) is 0.828. The van der Waals surface area contributed by atoms with Gasteiger partial charge in [-0.1, -0.05) is 0 Å². The third-order valence-corrected chi connectivity index (χ3v) is 6.56. The number of nitrogens with one attached hydrogen (secondary N) is 1. The molecule has 0 bridgehead atoms. The molecular formula is C13H14BrN3O3S2. The Hall–Kier alpha value is -1.29. The lowest BCUT2D eigenvalue weighted by molar-refractivity contribution is 0.0951. The van der Waals surface area contributed by atoms with Crippen molar-refractivity contribution in [3.8, 4) is 0 Å². The molecule has 0 saturated heterocycles. The van der Waals surface area contributed by atoms with Gasteiger partial charge in [0.15, 0.2) is 0 Å². The van der Waals surface area contributed by atoms with Crippen LogP contribution in [-0.2, 0) is 16.6 Å². The van der Waals surface area contributed by atoms with Crippen LogP contribution in [0.4, 0.5) is 0 Å². The fraction of sp³-hybridized carbons (Fsp3) is 0.231. The summed E-state index contributed by atoms with van der Waals surface area (Å²) in [7, 11) is -0.464. The van der Waals surface area contributed by atoms with E-state index >= 15 is 0 Å². The van der Waals surface area contributed by atoms with Crippen molar-refractivity contribution in [2.75, 3.05) is 14.1 Å². The van der Waals surface area contributed by atoms with Crippen LogP contribution in [0, 0.1) is 0 Å². The summed E-state index contributed by atoms with van der Waals surface area (Å²) in [6, 6.07) is 4.90. The fourth-order valence-corrected chi connectivity index (χ4v) is 4.41. The Morgan fingerprint density at radius 1 is 1.36 bits per heavy atom. The third-order valence-electron chi connectivity index (χ3n) is 2.76. The van der Waals surface area contributed by atoms with E-state index in [9.17, 15) is 13.2 Å². The van der Waals surface area contributed by atoms with Gasteiger partial charge in [-0.2, -0.15) is 0 Å². The van der Waals surface area contributed by atoms with Gasteiger partial charge in [0.05, 0.1) is 12.1 Å². The number of carbonyl (C=O) groups excluding carboxylic acids is 1. The molecule has 2 rings (SSSR count). The van der Waals surface area contributed by atoms with E-state index in [1.165, 1.54) is 20.3 Å². The van der Waals surface area contributed by atoms with Crippen LogP contribution in [0.25, 0.3) is 0 Å². The lowest BCUT2D eigenvalue weighted by atomic mass is 10.2. The number of carbonyl (C=O) groups is 1. The van der Waals surface area contributed by atoms with Gasteiger partial charge in [0, 0.05) is 35.8 Å². The molecule has 9 heteroatoms. The zero-order chi connectivity index (χ0) is 16.3. The van der Waals surface area contributed by atoms with Gasteiger partial charge in [-0.25, -0.2) is 12.7 Å². The molecule has 0 aromatic carbocycles. The molecule has 2 aromatic heterocycles. The highest BCUT2D eigenvalue weighted by atomic mass is 79.9. The van der Waals surface area contributed by atoms with Crippen molar-refractivity contribution in [2.45, 2.75) is 10.8 Å². The van der Waals surface area contributed by atoms with Gasteiger partial charge in [-0.15, -0.1) is 11.3 Å². The van der Waals surface area contributed by atoms with Crippen molar-refractivity contribution >= 4 is 43.2 Å². The van der Waals surface area contributed by atoms with Gasteiger partial charge < -0.3 is 5.32 Å². The Morgan fingerprint density at radius 2 is 2.09 bits per heavy atom. The molecule has 2 aromatic rings. The fourth-order valence-electron chi connectivity index (χ4n) is 1.58. The van der Waals surface area contributed by atoms with Crippen LogP contribution in [-0.4, -0.2) is 37.7 Å². The minimum atomic E-state index is -3.43. The van der Waals surface area contributed by atoms with Crippen molar-refractivity contribution in [3.05, 3.63) is 45.5 Å². The van der Waals surface area contributed by atoms with Crippen LogP contribution in [0.5, 0.6) is 0 Å². The Labute approximate surface area is 141 Å². The first-order valence-electron chi connectivity index (χ1n) is 6.20. The molecule has 1 amide bonds. The van der Waals surface area contributed by atoms with Crippen LogP contribution >= 0.6 is 27.3 Å². The standard InChI is InChI=1S/C13H14BrN3O3S2/c1-17(2)22(19,20)12-4-3-11(21-12)8-16-13(18)9-5-10(14)7-15-6-9/h3-7H,8H2,1-2H3,(H,16,18). The molecule has 0 spiro atoms. The normalized spacial score (nSPS) is 11.6. The summed E-state index contributed by atoms with van der Waals surface area (Å²) in [6.07, 6.45) is 3.06. The lowest BCUT2D eigenvalue weighted by Gasteiger charge is -2.08. The van der Waals surface area contributed by atoms with E-state index in [0.717, 1.165) is 25.0 Å². The number of nitrogens with zero attached hydrogens (tertiary/aromatic N) is 2. The summed E-state index contributed by atoms with van der Waals surface area (Å²) in [5, 5.41) is 2.74. The Morgan fingerprint density at radius 3 is 2.73 bits per heavy atom. The second-order valence-electron chi connectivity index (χ2n) is 4.58. The minimum Gasteiger partial charge on any atom is -0.347 e. The van der Waals surface area contributed by atoms with E-state index in [-0.39, 0.29) is 16.7 Å². The van der Waals surface area contributed by atoms with E-state index in [1.807, 2.05) is 0 Å². The van der Waals surface area contributed by atoms with Crippen molar-refractivity contribution in [1.82, 2.24) is 14.6 Å². The monoisotopic (exact) mass is 403 g/mol. The molecule has 2 heterocycles. The number of hydrogen-bond donors (Lipinski definition) is 1. The average molecular weight is 404 g/mol. The Bertz CT molecular complexity index is 787. The van der Waals surface area contributed by atoms with E-state index in [4.69, 9.17) is 0 Å². The first kappa shape index (κ1) is 17.1. The first-order valence-corrected chi connectivity index (χ1v) is 9.25. The molecule has 0 unspecified atom stereocenters. The van der Waals surface area contributed by atoms with E-state index in [2.05, 4.69) is 26.2 Å². The number of thiophene rings is 1. The predicted octanol–water partition coefficient (Wildman–Crippen LogP) is 2.09. The minimum absolute atomic E-state index is 0.255. The first-order chi connectivity index (χ1) is 10.3. The summed E-state index contributed by atoms with van der Waals surface area (Å²) >= 11 is 4.39.